The molecular formula is C25H33N5O8S3. The van der Waals surface area contributed by atoms with E-state index >= 15 is 0 Å². The zero-order chi connectivity index (χ0) is 29.7. The Balaban J connectivity index is 1.25. The second kappa shape index (κ2) is 13.4. The van der Waals surface area contributed by atoms with Crippen LogP contribution >= 0.6 is 34.9 Å². The molecule has 2 fully saturated rings. The van der Waals surface area contributed by atoms with E-state index in [0.29, 0.717) is 35.4 Å². The Kier molecular flexibility index (Phi) is 10.2. The van der Waals surface area contributed by atoms with E-state index in [1.807, 2.05) is 0 Å². The number of fused-ring (bicyclic) bond motifs is 1. The van der Waals surface area contributed by atoms with Gasteiger partial charge in [-0.2, -0.15) is 0 Å². The minimum atomic E-state index is -0.718. The average molecular weight is 628 g/mol. The van der Waals surface area contributed by atoms with Gasteiger partial charge in [0.1, 0.15) is 35.4 Å². The van der Waals surface area contributed by atoms with Gasteiger partial charge < -0.3 is 30.1 Å². The number of anilines is 1. The second-order valence-corrected chi connectivity index (χ2v) is 13.6. The number of nitrogen functional groups attached to an aromatic ring is 1. The molecule has 13 nitrogen and oxygen atoms in total. The molecule has 0 spiro atoms. The fourth-order valence-corrected chi connectivity index (χ4v) is 7.66. The topological polar surface area (TPSA) is 172 Å². The first-order valence-corrected chi connectivity index (χ1v) is 15.8. The molecule has 0 aliphatic carbocycles. The van der Waals surface area contributed by atoms with Crippen molar-refractivity contribution in [3.63, 3.8) is 0 Å². The van der Waals surface area contributed by atoms with Crippen molar-refractivity contribution in [3.05, 3.63) is 22.8 Å². The lowest BCUT2D eigenvalue weighted by Crippen LogP contribution is -2.63. The number of rotatable bonds is 10. The predicted molar refractivity (Wildman–Crippen MR) is 155 cm³/mol. The van der Waals surface area contributed by atoms with E-state index in [-0.39, 0.29) is 33.9 Å². The molecule has 4 rings (SSSR count). The maximum atomic E-state index is 13.0. The number of amides is 2. The van der Waals surface area contributed by atoms with Crippen LogP contribution in [0.5, 0.6) is 0 Å². The molecule has 0 bridgehead atoms. The normalized spacial score (nSPS) is 24.5. The molecular weight excluding hydrogens is 595 g/mol. The van der Waals surface area contributed by atoms with Crippen molar-refractivity contribution in [3.8, 4) is 0 Å². The van der Waals surface area contributed by atoms with Crippen molar-refractivity contribution in [2.45, 2.75) is 50.5 Å². The maximum absolute atomic E-state index is 13.0. The molecule has 4 atom stereocenters. The Morgan fingerprint density at radius 2 is 2.10 bits per heavy atom. The summed E-state index contributed by atoms with van der Waals surface area (Å²) in [5, 5.41) is 8.07. The summed E-state index contributed by atoms with van der Waals surface area (Å²) < 4.78 is 15.9. The Hall–Kier alpha value is -2.82. The zero-order valence-corrected chi connectivity index (χ0v) is 25.6. The summed E-state index contributed by atoms with van der Waals surface area (Å²) in [5.74, 6) is -0.404. The number of oxime groups is 1. The minimum absolute atomic E-state index is 0.00442. The third-order valence-electron chi connectivity index (χ3n) is 6.36. The smallest absolute Gasteiger partial charge is 0.357 e. The number of carbonyl (C=O) groups is 4. The third kappa shape index (κ3) is 7.53. The first kappa shape index (κ1) is 31.1. The van der Waals surface area contributed by atoms with Crippen molar-refractivity contribution in [2.24, 2.45) is 16.5 Å². The number of thioether (sulfide) groups is 2. The van der Waals surface area contributed by atoms with Crippen LogP contribution in [-0.4, -0.2) is 88.2 Å². The fourth-order valence-electron chi connectivity index (χ4n) is 4.21. The second-order valence-electron chi connectivity index (χ2n) is 10.4. The summed E-state index contributed by atoms with van der Waals surface area (Å²) in [6, 6.07) is 0. The summed E-state index contributed by atoms with van der Waals surface area (Å²) in [6.07, 6.45) is 2.47. The molecule has 3 N–H and O–H groups in total. The monoisotopic (exact) mass is 627 g/mol. The maximum Gasteiger partial charge on any atom is 0.357 e. The average Bonchev–Trinajstić information content (AvgIpc) is 3.36. The van der Waals surface area contributed by atoms with E-state index in [1.165, 1.54) is 23.3 Å². The van der Waals surface area contributed by atoms with Crippen LogP contribution in [0.1, 0.15) is 39.3 Å². The first-order valence-electron chi connectivity index (χ1n) is 12.9. The van der Waals surface area contributed by atoms with E-state index in [0.717, 1.165) is 6.42 Å². The van der Waals surface area contributed by atoms with Crippen molar-refractivity contribution in [2.75, 3.05) is 37.7 Å². The van der Waals surface area contributed by atoms with Gasteiger partial charge in [-0.3, -0.25) is 19.3 Å². The Labute approximate surface area is 249 Å². The number of hydrogen-bond donors (Lipinski definition) is 2. The van der Waals surface area contributed by atoms with E-state index < -0.39 is 36.3 Å². The summed E-state index contributed by atoms with van der Waals surface area (Å²) >= 11 is 4.31. The van der Waals surface area contributed by atoms with Crippen LogP contribution < -0.4 is 11.1 Å². The highest BCUT2D eigenvalue weighted by Crippen LogP contribution is 2.44. The highest BCUT2D eigenvalue weighted by Gasteiger charge is 2.52. The molecule has 3 aliphatic rings. The Morgan fingerprint density at radius 3 is 2.78 bits per heavy atom. The largest absolute Gasteiger partial charge is 0.427 e. The number of nitrogens with one attached hydrogen (secondary N) is 1. The molecule has 2 saturated heterocycles. The van der Waals surface area contributed by atoms with Gasteiger partial charge in [0.05, 0.1) is 5.41 Å². The highest BCUT2D eigenvalue weighted by molar-refractivity contribution is 8.04. The fraction of sp³-hybridized carbons (Fsp3) is 0.600. The molecule has 0 saturated carbocycles. The van der Waals surface area contributed by atoms with Gasteiger partial charge in [-0.1, -0.05) is 5.16 Å². The summed E-state index contributed by atoms with van der Waals surface area (Å²) in [7, 11) is 1.34. The van der Waals surface area contributed by atoms with Gasteiger partial charge in [0.2, 0.25) is 12.7 Å². The molecule has 0 aromatic carbocycles. The van der Waals surface area contributed by atoms with Gasteiger partial charge in [-0.05, 0) is 51.4 Å². The van der Waals surface area contributed by atoms with E-state index in [2.05, 4.69) is 15.5 Å². The molecule has 16 heteroatoms. The number of carbonyl (C=O) groups excluding carboxylic acids is 4. The number of ether oxygens (including phenoxy) is 3. The van der Waals surface area contributed by atoms with E-state index in [1.54, 1.807) is 55.8 Å². The number of thiazole rings is 1. The van der Waals surface area contributed by atoms with Crippen LogP contribution in [0.2, 0.25) is 0 Å². The number of nitrogens with two attached hydrogens (primary N) is 1. The quantitative estimate of drug-likeness (QED) is 0.127. The third-order valence-corrected chi connectivity index (χ3v) is 9.87. The number of nitrogens with zero attached hydrogens (tertiary/aromatic N) is 3. The molecule has 4 heterocycles. The Morgan fingerprint density at radius 1 is 1.32 bits per heavy atom. The van der Waals surface area contributed by atoms with Crippen molar-refractivity contribution in [1.29, 1.82) is 0 Å². The SMILES string of the molecule is CO/N=C(\C(=O)NC1CC(CSC2C(=O)N3C(C(=O)OCOC(=O)C(C)(C)C)=CCSC23)CCO1)c1csc(N)n1. The molecule has 224 valence electrons. The van der Waals surface area contributed by atoms with Crippen molar-refractivity contribution < 1.29 is 38.2 Å². The summed E-state index contributed by atoms with van der Waals surface area (Å²) in [5.41, 5.74) is 5.46. The van der Waals surface area contributed by atoms with Gasteiger partial charge in [-0.25, -0.2) is 9.78 Å². The van der Waals surface area contributed by atoms with Crippen LogP contribution in [0.3, 0.4) is 0 Å². The first-order chi connectivity index (χ1) is 19.5. The molecule has 1 aromatic rings. The van der Waals surface area contributed by atoms with E-state index in [4.69, 9.17) is 24.8 Å². The van der Waals surface area contributed by atoms with Gasteiger partial charge in [-0.15, -0.1) is 34.9 Å². The lowest BCUT2D eigenvalue weighted by Gasteiger charge is -2.48. The molecule has 41 heavy (non-hydrogen) atoms. The highest BCUT2D eigenvalue weighted by atomic mass is 32.2. The molecule has 3 aliphatic heterocycles. The van der Waals surface area contributed by atoms with Crippen LogP contribution in [0.15, 0.2) is 22.3 Å². The van der Waals surface area contributed by atoms with Crippen molar-refractivity contribution in [1.82, 2.24) is 15.2 Å². The molecule has 1 aromatic heterocycles. The lowest BCUT2D eigenvalue weighted by atomic mass is 9.98. The van der Waals surface area contributed by atoms with E-state index in [9.17, 15) is 19.2 Å². The van der Waals surface area contributed by atoms with Crippen LogP contribution in [-0.2, 0) is 38.2 Å². The van der Waals surface area contributed by atoms with Gasteiger partial charge >= 0.3 is 11.9 Å². The predicted octanol–water partition coefficient (Wildman–Crippen LogP) is 1.94. The summed E-state index contributed by atoms with van der Waals surface area (Å²) in [6.45, 7) is 5.04. The standard InChI is InChI=1S/C25H33N5O8S3/c1-25(2,3)23(34)38-12-37-22(33)15-6-8-39-21-18(20(32)30(15)21)40-10-13-5-7-36-16(9-13)28-19(31)17(29-35-4)14-11-41-24(26)27-14/h6,11,13,16,18,21H,5,7-10,12H2,1-4H3,(H2,26,27)(H,28,31)/b29-17-. The van der Waals surface area contributed by atoms with Crippen LogP contribution in [0, 0.1) is 11.3 Å². The summed E-state index contributed by atoms with van der Waals surface area (Å²) in [4.78, 5) is 60.8. The van der Waals surface area contributed by atoms with Crippen molar-refractivity contribution >= 4 is 69.5 Å². The zero-order valence-electron chi connectivity index (χ0n) is 23.1. The molecule has 2 amide bonds. The van der Waals surface area contributed by atoms with Crippen LogP contribution in [0.25, 0.3) is 0 Å². The number of aromatic nitrogens is 1. The lowest BCUT2D eigenvalue weighted by molar-refractivity contribution is -0.173. The minimum Gasteiger partial charge on any atom is -0.427 e. The van der Waals surface area contributed by atoms with Gasteiger partial charge in [0.15, 0.2) is 10.8 Å². The van der Waals surface area contributed by atoms with Gasteiger partial charge in [0.25, 0.3) is 5.91 Å². The number of esters is 2. The molecule has 4 unspecified atom stereocenters. The number of hydrogen-bond acceptors (Lipinski definition) is 14. The Bertz CT molecular complexity index is 1230. The number of β-lactam (4-membered cyclic amide) rings is 1. The van der Waals surface area contributed by atoms with Gasteiger partial charge in [0, 0.05) is 17.7 Å². The van der Waals surface area contributed by atoms with Crippen LogP contribution in [0.4, 0.5) is 5.13 Å². The molecule has 0 radical (unpaired) electrons.